The van der Waals surface area contributed by atoms with Crippen molar-refractivity contribution in [3.8, 4) is 0 Å². The fourth-order valence-corrected chi connectivity index (χ4v) is 3.47. The van der Waals surface area contributed by atoms with Gasteiger partial charge in [0.25, 0.3) is 10.0 Å². The van der Waals surface area contributed by atoms with Crippen LogP contribution in [0.5, 0.6) is 0 Å². The van der Waals surface area contributed by atoms with Gasteiger partial charge in [-0.3, -0.25) is 9.52 Å². The number of hydrogen-bond acceptors (Lipinski definition) is 3. The monoisotopic (exact) mass is 382 g/mol. The second-order valence-corrected chi connectivity index (χ2v) is 7.21. The van der Waals surface area contributed by atoms with Gasteiger partial charge in [-0.2, -0.15) is 0 Å². The van der Waals surface area contributed by atoms with Crippen molar-refractivity contribution in [2.24, 2.45) is 0 Å². The Morgan fingerprint density at radius 3 is 2.41 bits per heavy atom. The molecule has 5 nitrogen and oxygen atoms in total. The molecule has 0 aliphatic carbocycles. The molecule has 0 heterocycles. The maximum atomic E-state index is 12.3. The van der Waals surface area contributed by atoms with E-state index in [-0.39, 0.29) is 17.2 Å². The molecule has 2 N–H and O–H groups in total. The average Bonchev–Trinajstić information content (AvgIpc) is 2.49. The van der Waals surface area contributed by atoms with Crippen molar-refractivity contribution in [1.29, 1.82) is 0 Å². The zero-order valence-electron chi connectivity index (χ0n) is 11.8. The zero-order chi connectivity index (χ0) is 16.2. The summed E-state index contributed by atoms with van der Waals surface area (Å²) < 4.78 is 27.7. The molecule has 7 heteroatoms. The minimum atomic E-state index is -3.64. The Hall–Kier alpha value is -1.86. The van der Waals surface area contributed by atoms with Gasteiger partial charge in [-0.15, -0.1) is 0 Å². The van der Waals surface area contributed by atoms with E-state index in [4.69, 9.17) is 0 Å². The average molecular weight is 383 g/mol. The number of anilines is 1. The molecule has 116 valence electrons. The van der Waals surface area contributed by atoms with E-state index in [9.17, 15) is 13.2 Å². The Morgan fingerprint density at radius 1 is 1.14 bits per heavy atom. The number of halogens is 1. The predicted octanol–water partition coefficient (Wildman–Crippen LogP) is 2.54. The van der Waals surface area contributed by atoms with Crippen LogP contribution < -0.4 is 10.0 Å². The Balaban J connectivity index is 2.15. The van der Waals surface area contributed by atoms with E-state index in [2.05, 4.69) is 26.0 Å². The summed E-state index contributed by atoms with van der Waals surface area (Å²) in [5.41, 5.74) is 1.25. The standard InChI is InChI=1S/C15H15BrN2O3S/c1-17-15(19)9-11-5-7-13(8-6-11)18-22(20,21)14-4-2-3-12(16)10-14/h2-8,10,18H,9H2,1H3,(H,17,19). The lowest BCUT2D eigenvalue weighted by molar-refractivity contribution is -0.119. The first-order valence-corrected chi connectivity index (χ1v) is 8.76. The van der Waals surface area contributed by atoms with Crippen molar-refractivity contribution in [2.75, 3.05) is 11.8 Å². The number of nitrogens with one attached hydrogen (secondary N) is 2. The van der Waals surface area contributed by atoms with Crippen LogP contribution in [0, 0.1) is 0 Å². The van der Waals surface area contributed by atoms with Crippen LogP contribution in [0.4, 0.5) is 5.69 Å². The molecule has 0 atom stereocenters. The maximum absolute atomic E-state index is 12.3. The van der Waals surface area contributed by atoms with Crippen LogP contribution in [0.3, 0.4) is 0 Å². The summed E-state index contributed by atoms with van der Waals surface area (Å²) in [6.07, 6.45) is 0.259. The van der Waals surface area contributed by atoms with Crippen molar-refractivity contribution >= 4 is 37.5 Å². The normalized spacial score (nSPS) is 11.0. The molecule has 0 bridgehead atoms. The lowest BCUT2D eigenvalue weighted by atomic mass is 10.1. The van der Waals surface area contributed by atoms with Crippen LogP contribution in [0.15, 0.2) is 57.9 Å². The van der Waals surface area contributed by atoms with Gasteiger partial charge in [0.15, 0.2) is 0 Å². The van der Waals surface area contributed by atoms with E-state index >= 15 is 0 Å². The number of carbonyl (C=O) groups excluding carboxylic acids is 1. The van der Waals surface area contributed by atoms with Crippen LogP contribution in [-0.4, -0.2) is 21.4 Å². The molecule has 22 heavy (non-hydrogen) atoms. The number of amides is 1. The molecule has 0 aromatic heterocycles. The van der Waals surface area contributed by atoms with Crippen LogP contribution in [0.1, 0.15) is 5.56 Å². The third kappa shape index (κ3) is 4.32. The van der Waals surface area contributed by atoms with Crippen molar-refractivity contribution in [3.05, 3.63) is 58.6 Å². The molecular weight excluding hydrogens is 368 g/mol. The smallest absolute Gasteiger partial charge is 0.261 e. The molecule has 0 aliphatic heterocycles. The molecular formula is C15H15BrN2O3S. The molecule has 0 radical (unpaired) electrons. The second-order valence-electron chi connectivity index (χ2n) is 4.61. The van der Waals surface area contributed by atoms with E-state index in [1.165, 1.54) is 12.1 Å². The van der Waals surface area contributed by atoms with Gasteiger partial charge in [-0.25, -0.2) is 8.42 Å². The maximum Gasteiger partial charge on any atom is 0.261 e. The molecule has 1 amide bonds. The molecule has 2 aromatic rings. The summed E-state index contributed by atoms with van der Waals surface area (Å²) in [6.45, 7) is 0. The van der Waals surface area contributed by atoms with Gasteiger partial charge in [0.05, 0.1) is 11.3 Å². The summed E-state index contributed by atoms with van der Waals surface area (Å²) in [4.78, 5) is 11.5. The molecule has 0 aliphatic rings. The van der Waals surface area contributed by atoms with Gasteiger partial charge >= 0.3 is 0 Å². The van der Waals surface area contributed by atoms with Gasteiger partial charge in [-0.1, -0.05) is 34.1 Å². The topological polar surface area (TPSA) is 75.3 Å². The van der Waals surface area contributed by atoms with E-state index in [1.807, 2.05) is 0 Å². The van der Waals surface area contributed by atoms with Crippen molar-refractivity contribution in [3.63, 3.8) is 0 Å². The zero-order valence-corrected chi connectivity index (χ0v) is 14.2. The Morgan fingerprint density at radius 2 is 1.82 bits per heavy atom. The lowest BCUT2D eigenvalue weighted by Gasteiger charge is -2.09. The van der Waals surface area contributed by atoms with Crippen LogP contribution >= 0.6 is 15.9 Å². The first kappa shape index (κ1) is 16.5. The molecule has 0 saturated carbocycles. The number of rotatable bonds is 5. The van der Waals surface area contributed by atoms with Crippen LogP contribution in [0.2, 0.25) is 0 Å². The number of sulfonamides is 1. The Kier molecular flexibility index (Phi) is 5.20. The minimum Gasteiger partial charge on any atom is -0.359 e. The fraction of sp³-hybridized carbons (Fsp3) is 0.133. The number of benzene rings is 2. The van der Waals surface area contributed by atoms with Gasteiger partial charge in [-0.05, 0) is 35.9 Å². The molecule has 0 fully saturated rings. The van der Waals surface area contributed by atoms with Gasteiger partial charge in [0, 0.05) is 17.2 Å². The molecule has 0 unspecified atom stereocenters. The number of likely N-dealkylation sites (N-methyl/N-ethyl adjacent to an activating group) is 1. The van der Waals surface area contributed by atoms with E-state index < -0.39 is 10.0 Å². The van der Waals surface area contributed by atoms with Crippen molar-refractivity contribution < 1.29 is 13.2 Å². The highest BCUT2D eigenvalue weighted by molar-refractivity contribution is 9.10. The minimum absolute atomic E-state index is 0.0949. The fourth-order valence-electron chi connectivity index (χ4n) is 1.81. The molecule has 0 saturated heterocycles. The summed E-state index contributed by atoms with van der Waals surface area (Å²) in [6, 6.07) is 13.2. The van der Waals surface area contributed by atoms with Gasteiger partial charge < -0.3 is 5.32 Å². The van der Waals surface area contributed by atoms with Crippen LogP contribution in [0.25, 0.3) is 0 Å². The largest absolute Gasteiger partial charge is 0.359 e. The van der Waals surface area contributed by atoms with E-state index in [0.717, 1.165) is 5.56 Å². The summed E-state index contributed by atoms with van der Waals surface area (Å²) in [5, 5.41) is 2.54. The van der Waals surface area contributed by atoms with E-state index in [0.29, 0.717) is 10.2 Å². The molecule has 2 aromatic carbocycles. The van der Waals surface area contributed by atoms with Crippen LogP contribution in [-0.2, 0) is 21.2 Å². The van der Waals surface area contributed by atoms with Crippen molar-refractivity contribution in [1.82, 2.24) is 5.32 Å². The number of hydrogen-bond donors (Lipinski definition) is 2. The highest BCUT2D eigenvalue weighted by atomic mass is 79.9. The summed E-state index contributed by atoms with van der Waals surface area (Å²) in [5.74, 6) is -0.0949. The predicted molar refractivity (Wildman–Crippen MR) is 89.2 cm³/mol. The highest BCUT2D eigenvalue weighted by Gasteiger charge is 2.14. The van der Waals surface area contributed by atoms with Gasteiger partial charge in [0.1, 0.15) is 0 Å². The summed E-state index contributed by atoms with van der Waals surface area (Å²) >= 11 is 3.25. The molecule has 0 spiro atoms. The lowest BCUT2D eigenvalue weighted by Crippen LogP contribution is -2.19. The number of carbonyl (C=O) groups is 1. The Bertz CT molecular complexity index is 774. The molecule has 2 rings (SSSR count). The quantitative estimate of drug-likeness (QED) is 0.833. The summed E-state index contributed by atoms with van der Waals surface area (Å²) in [7, 11) is -2.06. The van der Waals surface area contributed by atoms with E-state index in [1.54, 1.807) is 43.4 Å². The Labute approximate surface area is 137 Å². The van der Waals surface area contributed by atoms with Crippen molar-refractivity contribution in [2.45, 2.75) is 11.3 Å². The highest BCUT2D eigenvalue weighted by Crippen LogP contribution is 2.20. The third-order valence-electron chi connectivity index (χ3n) is 2.96. The third-order valence-corrected chi connectivity index (χ3v) is 4.83. The second kappa shape index (κ2) is 6.93. The first-order valence-electron chi connectivity index (χ1n) is 6.48. The first-order chi connectivity index (χ1) is 10.4. The SMILES string of the molecule is CNC(=O)Cc1ccc(NS(=O)(=O)c2cccc(Br)c2)cc1. The van der Waals surface area contributed by atoms with Gasteiger partial charge in [0.2, 0.25) is 5.91 Å².